The fraction of sp³-hybridized carbons (Fsp3) is 0.333. The van der Waals surface area contributed by atoms with Crippen LogP contribution in [0.2, 0.25) is 4.34 Å². The van der Waals surface area contributed by atoms with Crippen LogP contribution < -0.4 is 5.32 Å². The van der Waals surface area contributed by atoms with E-state index in [1.54, 1.807) is 19.1 Å². The molecule has 0 radical (unpaired) electrons. The van der Waals surface area contributed by atoms with Gasteiger partial charge < -0.3 is 10.4 Å². The number of halogens is 1. The summed E-state index contributed by atoms with van der Waals surface area (Å²) in [6.07, 6.45) is 0.264. The third-order valence-electron chi connectivity index (χ3n) is 1.84. The molecule has 15 heavy (non-hydrogen) atoms. The molecule has 1 rings (SSSR count). The number of thiophene rings is 1. The van der Waals surface area contributed by atoms with E-state index in [2.05, 4.69) is 5.32 Å². The number of amides is 1. The maximum Gasteiger partial charge on any atom is 0.316 e. The van der Waals surface area contributed by atoms with E-state index in [1.807, 2.05) is 0 Å². The van der Waals surface area contributed by atoms with Crippen LogP contribution in [0.25, 0.3) is 0 Å². The first-order chi connectivity index (χ1) is 7.04. The molecule has 0 saturated carbocycles. The van der Waals surface area contributed by atoms with Crippen LogP contribution in [0.15, 0.2) is 12.1 Å². The minimum atomic E-state index is -1.11. The van der Waals surface area contributed by atoms with Crippen molar-refractivity contribution in [2.45, 2.75) is 13.3 Å². The average Bonchev–Trinajstić information content (AvgIpc) is 2.51. The lowest BCUT2D eigenvalue weighted by Gasteiger charge is -2.08. The SMILES string of the molecule is CCC(C(=O)O)C(=O)Nc1ccc(Cl)s1. The van der Waals surface area contributed by atoms with Gasteiger partial charge in [0.05, 0.1) is 9.34 Å². The fourth-order valence-corrected chi connectivity index (χ4v) is 2.01. The van der Waals surface area contributed by atoms with E-state index < -0.39 is 17.8 Å². The van der Waals surface area contributed by atoms with Crippen molar-refractivity contribution in [3.63, 3.8) is 0 Å². The van der Waals surface area contributed by atoms with Crippen molar-refractivity contribution in [2.75, 3.05) is 5.32 Å². The Morgan fingerprint density at radius 1 is 1.60 bits per heavy atom. The van der Waals surface area contributed by atoms with Gasteiger partial charge in [-0.05, 0) is 18.6 Å². The predicted octanol–water partition coefficient (Wildman–Crippen LogP) is 2.45. The molecular formula is C9H10ClNO3S. The van der Waals surface area contributed by atoms with Gasteiger partial charge in [0.15, 0.2) is 0 Å². The van der Waals surface area contributed by atoms with E-state index in [4.69, 9.17) is 16.7 Å². The number of hydrogen-bond acceptors (Lipinski definition) is 3. The summed E-state index contributed by atoms with van der Waals surface area (Å²) in [5.74, 6) is -2.63. The molecule has 0 aliphatic rings. The summed E-state index contributed by atoms with van der Waals surface area (Å²) in [6, 6.07) is 3.28. The first-order valence-electron chi connectivity index (χ1n) is 4.33. The number of carboxylic acids is 1. The minimum absolute atomic E-state index is 0.264. The molecule has 2 N–H and O–H groups in total. The zero-order valence-corrected chi connectivity index (χ0v) is 9.56. The van der Waals surface area contributed by atoms with Crippen LogP contribution in [-0.4, -0.2) is 17.0 Å². The Labute approximate surface area is 95.9 Å². The van der Waals surface area contributed by atoms with Crippen molar-refractivity contribution in [3.8, 4) is 0 Å². The quantitative estimate of drug-likeness (QED) is 0.803. The zero-order valence-electron chi connectivity index (χ0n) is 7.99. The van der Waals surface area contributed by atoms with Crippen molar-refractivity contribution >= 4 is 39.8 Å². The summed E-state index contributed by atoms with van der Waals surface area (Å²) in [5, 5.41) is 11.8. The molecule has 0 saturated heterocycles. The van der Waals surface area contributed by atoms with E-state index in [-0.39, 0.29) is 6.42 Å². The van der Waals surface area contributed by atoms with Crippen molar-refractivity contribution in [2.24, 2.45) is 5.92 Å². The second-order valence-electron chi connectivity index (χ2n) is 2.89. The molecule has 0 spiro atoms. The van der Waals surface area contributed by atoms with Crippen LogP contribution in [0.5, 0.6) is 0 Å². The third kappa shape index (κ3) is 3.21. The van der Waals surface area contributed by atoms with Gasteiger partial charge in [-0.1, -0.05) is 18.5 Å². The van der Waals surface area contributed by atoms with Crippen molar-refractivity contribution in [1.29, 1.82) is 0 Å². The highest BCUT2D eigenvalue weighted by Crippen LogP contribution is 2.26. The minimum Gasteiger partial charge on any atom is -0.481 e. The van der Waals surface area contributed by atoms with E-state index >= 15 is 0 Å². The smallest absolute Gasteiger partial charge is 0.316 e. The van der Waals surface area contributed by atoms with Gasteiger partial charge in [-0.15, -0.1) is 11.3 Å². The lowest BCUT2D eigenvalue weighted by atomic mass is 10.1. The molecule has 0 aromatic carbocycles. The molecule has 1 unspecified atom stereocenters. The van der Waals surface area contributed by atoms with E-state index in [9.17, 15) is 9.59 Å². The Morgan fingerprint density at radius 2 is 2.27 bits per heavy atom. The lowest BCUT2D eigenvalue weighted by Crippen LogP contribution is -2.28. The molecule has 0 aliphatic carbocycles. The molecule has 6 heteroatoms. The number of aliphatic carboxylic acids is 1. The molecule has 1 amide bonds. The molecule has 0 aliphatic heterocycles. The van der Waals surface area contributed by atoms with Crippen LogP contribution in [0.1, 0.15) is 13.3 Å². The van der Waals surface area contributed by atoms with Crippen LogP contribution >= 0.6 is 22.9 Å². The summed E-state index contributed by atoms with van der Waals surface area (Å²) < 4.78 is 0.550. The monoisotopic (exact) mass is 247 g/mol. The van der Waals surface area contributed by atoms with Gasteiger partial charge in [0.25, 0.3) is 0 Å². The lowest BCUT2D eigenvalue weighted by molar-refractivity contribution is -0.145. The van der Waals surface area contributed by atoms with Crippen LogP contribution in [0.4, 0.5) is 5.00 Å². The molecule has 1 aromatic heterocycles. The van der Waals surface area contributed by atoms with Gasteiger partial charge in [-0.2, -0.15) is 0 Å². The number of rotatable bonds is 4. The van der Waals surface area contributed by atoms with E-state index in [0.29, 0.717) is 9.34 Å². The highest BCUT2D eigenvalue weighted by atomic mass is 35.5. The Hall–Kier alpha value is -1.07. The Kier molecular flexibility index (Phi) is 4.11. The van der Waals surface area contributed by atoms with E-state index in [1.165, 1.54) is 11.3 Å². The Balaban J connectivity index is 2.66. The first kappa shape index (κ1) is 12.0. The number of nitrogens with one attached hydrogen (secondary N) is 1. The molecular weight excluding hydrogens is 238 g/mol. The summed E-state index contributed by atoms with van der Waals surface area (Å²) in [7, 11) is 0. The number of anilines is 1. The van der Waals surface area contributed by atoms with Gasteiger partial charge >= 0.3 is 5.97 Å². The van der Waals surface area contributed by atoms with Crippen molar-refractivity contribution < 1.29 is 14.7 Å². The summed E-state index contributed by atoms with van der Waals surface area (Å²) in [6.45, 7) is 1.65. The van der Waals surface area contributed by atoms with E-state index in [0.717, 1.165) is 0 Å². The molecule has 4 nitrogen and oxygen atoms in total. The highest BCUT2D eigenvalue weighted by Gasteiger charge is 2.24. The number of carboxylic acid groups (broad SMARTS) is 1. The van der Waals surface area contributed by atoms with Gasteiger partial charge in [0, 0.05) is 0 Å². The number of carbonyl (C=O) groups is 2. The second kappa shape index (κ2) is 5.14. The molecule has 1 atom stereocenters. The van der Waals surface area contributed by atoms with Gasteiger partial charge in [-0.25, -0.2) is 0 Å². The Bertz CT molecular complexity index is 377. The normalized spacial score (nSPS) is 12.1. The topological polar surface area (TPSA) is 66.4 Å². The second-order valence-corrected chi connectivity index (χ2v) is 4.61. The first-order valence-corrected chi connectivity index (χ1v) is 5.53. The standard InChI is InChI=1S/C9H10ClNO3S/c1-2-5(9(13)14)8(12)11-7-4-3-6(10)15-7/h3-5H,2H2,1H3,(H,11,12)(H,13,14). The average molecular weight is 248 g/mol. The fourth-order valence-electron chi connectivity index (χ4n) is 1.06. The molecule has 0 fully saturated rings. The molecule has 1 heterocycles. The van der Waals surface area contributed by atoms with Crippen LogP contribution in [0.3, 0.4) is 0 Å². The predicted molar refractivity (Wildman–Crippen MR) is 59.4 cm³/mol. The number of hydrogen-bond donors (Lipinski definition) is 2. The third-order valence-corrected chi connectivity index (χ3v) is 2.99. The summed E-state index contributed by atoms with van der Waals surface area (Å²) >= 11 is 6.87. The zero-order chi connectivity index (χ0) is 11.4. The highest BCUT2D eigenvalue weighted by molar-refractivity contribution is 7.20. The van der Waals surface area contributed by atoms with Gasteiger partial charge in [0.2, 0.25) is 5.91 Å². The van der Waals surface area contributed by atoms with Crippen LogP contribution in [0, 0.1) is 5.92 Å². The maximum atomic E-state index is 11.5. The maximum absolute atomic E-state index is 11.5. The van der Waals surface area contributed by atoms with Gasteiger partial charge in [-0.3, -0.25) is 9.59 Å². The van der Waals surface area contributed by atoms with Crippen molar-refractivity contribution in [3.05, 3.63) is 16.5 Å². The molecule has 1 aromatic rings. The molecule has 82 valence electrons. The van der Waals surface area contributed by atoms with Gasteiger partial charge in [0.1, 0.15) is 5.92 Å². The summed E-state index contributed by atoms with van der Waals surface area (Å²) in [4.78, 5) is 22.1. The summed E-state index contributed by atoms with van der Waals surface area (Å²) in [5.41, 5.74) is 0. The van der Waals surface area contributed by atoms with Crippen LogP contribution in [-0.2, 0) is 9.59 Å². The number of carbonyl (C=O) groups excluding carboxylic acids is 1. The molecule has 0 bridgehead atoms. The largest absolute Gasteiger partial charge is 0.481 e. The Morgan fingerprint density at radius 3 is 2.67 bits per heavy atom. The van der Waals surface area contributed by atoms with Crippen molar-refractivity contribution in [1.82, 2.24) is 0 Å².